The van der Waals surface area contributed by atoms with Gasteiger partial charge < -0.3 is 14.1 Å². The Balaban J connectivity index is 1.56. The molecule has 0 N–H and O–H groups in total. The van der Waals surface area contributed by atoms with Crippen molar-refractivity contribution >= 4 is 28.6 Å². The third-order valence-electron chi connectivity index (χ3n) is 4.80. The van der Waals surface area contributed by atoms with Gasteiger partial charge >= 0.3 is 0 Å². The van der Waals surface area contributed by atoms with Crippen molar-refractivity contribution in [3.63, 3.8) is 0 Å². The maximum Gasteiger partial charge on any atom is 0.227 e. The molecule has 0 aliphatic rings. The van der Waals surface area contributed by atoms with Gasteiger partial charge in [0.25, 0.3) is 0 Å². The first-order chi connectivity index (χ1) is 14.6. The van der Waals surface area contributed by atoms with Crippen LogP contribution >= 0.6 is 11.6 Å². The van der Waals surface area contributed by atoms with Crippen molar-refractivity contribution in [3.05, 3.63) is 94.8 Å². The third-order valence-corrected chi connectivity index (χ3v) is 5.04. The summed E-state index contributed by atoms with van der Waals surface area (Å²) in [6, 6.07) is 22.7. The molecule has 0 saturated heterocycles. The van der Waals surface area contributed by atoms with Crippen LogP contribution in [0.15, 0.2) is 77.2 Å². The predicted octanol–water partition coefficient (Wildman–Crippen LogP) is 5.26. The highest BCUT2D eigenvalue weighted by Crippen LogP contribution is 2.22. The molecule has 152 valence electrons. The summed E-state index contributed by atoms with van der Waals surface area (Å²) in [5.74, 6) is 1.23. The van der Waals surface area contributed by atoms with Gasteiger partial charge in [-0.2, -0.15) is 0 Å². The highest BCUT2D eigenvalue weighted by molar-refractivity contribution is 6.31. The highest BCUT2D eigenvalue weighted by atomic mass is 35.5. The zero-order valence-electron chi connectivity index (χ0n) is 16.5. The van der Waals surface area contributed by atoms with Crippen molar-refractivity contribution in [1.82, 2.24) is 9.88 Å². The maximum atomic E-state index is 13.1. The van der Waals surface area contributed by atoms with E-state index in [1.165, 1.54) is 0 Å². The Morgan fingerprint density at radius 1 is 1.00 bits per heavy atom. The minimum atomic E-state index is -0.00990. The lowest BCUT2D eigenvalue weighted by Crippen LogP contribution is -2.31. The van der Waals surface area contributed by atoms with Crippen LogP contribution < -0.4 is 4.74 Å². The van der Waals surface area contributed by atoms with Crippen molar-refractivity contribution in [2.24, 2.45) is 0 Å². The summed E-state index contributed by atoms with van der Waals surface area (Å²) < 4.78 is 11.0. The minimum Gasteiger partial charge on any atom is -0.497 e. The number of rotatable bonds is 7. The van der Waals surface area contributed by atoms with Gasteiger partial charge in [0.05, 0.1) is 20.1 Å². The summed E-state index contributed by atoms with van der Waals surface area (Å²) in [5.41, 5.74) is 3.29. The van der Waals surface area contributed by atoms with E-state index in [9.17, 15) is 4.79 Å². The van der Waals surface area contributed by atoms with E-state index in [0.29, 0.717) is 28.6 Å². The average molecular weight is 421 g/mol. The number of halogens is 1. The number of ether oxygens (including phenoxy) is 1. The lowest BCUT2D eigenvalue weighted by molar-refractivity contribution is -0.132. The van der Waals surface area contributed by atoms with Gasteiger partial charge in [0.2, 0.25) is 11.8 Å². The molecular weight excluding hydrogens is 400 g/mol. The van der Waals surface area contributed by atoms with Gasteiger partial charge in [-0.15, -0.1) is 0 Å². The number of benzene rings is 3. The second-order valence-electron chi connectivity index (χ2n) is 6.98. The SMILES string of the molecule is COc1ccc(CC(=O)N(Cc2ccccc2)Cc2nc3cc(Cl)ccc3o2)cc1. The molecule has 1 amide bonds. The van der Waals surface area contributed by atoms with E-state index in [-0.39, 0.29) is 18.9 Å². The van der Waals surface area contributed by atoms with E-state index in [2.05, 4.69) is 4.98 Å². The topological polar surface area (TPSA) is 55.6 Å². The van der Waals surface area contributed by atoms with Crippen LogP contribution in [0.5, 0.6) is 5.75 Å². The lowest BCUT2D eigenvalue weighted by Gasteiger charge is -2.21. The van der Waals surface area contributed by atoms with Gasteiger partial charge in [-0.3, -0.25) is 4.79 Å². The molecular formula is C24H21ClN2O3. The lowest BCUT2D eigenvalue weighted by atomic mass is 10.1. The number of hydrogen-bond acceptors (Lipinski definition) is 4. The van der Waals surface area contributed by atoms with Crippen LogP contribution in [0.2, 0.25) is 5.02 Å². The standard InChI is InChI=1S/C24H21ClN2O3/c1-29-20-10-7-17(8-11-20)13-24(28)27(15-18-5-3-2-4-6-18)16-23-26-21-14-19(25)9-12-22(21)30-23/h2-12,14H,13,15-16H2,1H3. The monoisotopic (exact) mass is 420 g/mol. The van der Waals surface area contributed by atoms with Crippen LogP contribution in [0.25, 0.3) is 11.1 Å². The fourth-order valence-corrected chi connectivity index (χ4v) is 3.41. The van der Waals surface area contributed by atoms with Crippen molar-refractivity contribution < 1.29 is 13.9 Å². The first kappa shape index (κ1) is 20.0. The zero-order valence-corrected chi connectivity index (χ0v) is 17.3. The van der Waals surface area contributed by atoms with Crippen LogP contribution in [-0.2, 0) is 24.3 Å². The maximum absolute atomic E-state index is 13.1. The molecule has 0 aliphatic heterocycles. The normalized spacial score (nSPS) is 10.9. The van der Waals surface area contributed by atoms with E-state index in [1.54, 1.807) is 30.2 Å². The van der Waals surface area contributed by atoms with Gasteiger partial charge in [-0.05, 0) is 41.5 Å². The van der Waals surface area contributed by atoms with E-state index >= 15 is 0 Å². The number of hydrogen-bond donors (Lipinski definition) is 0. The Hall–Kier alpha value is -3.31. The molecule has 0 saturated carbocycles. The highest BCUT2D eigenvalue weighted by Gasteiger charge is 2.18. The molecule has 4 rings (SSSR count). The van der Waals surface area contributed by atoms with Crippen LogP contribution in [0.4, 0.5) is 0 Å². The van der Waals surface area contributed by atoms with Crippen molar-refractivity contribution in [1.29, 1.82) is 0 Å². The molecule has 0 aliphatic carbocycles. The molecule has 6 heteroatoms. The first-order valence-corrected chi connectivity index (χ1v) is 9.98. The van der Waals surface area contributed by atoms with E-state index < -0.39 is 0 Å². The Morgan fingerprint density at radius 2 is 1.77 bits per heavy atom. The fraction of sp³-hybridized carbons (Fsp3) is 0.167. The third kappa shape index (κ3) is 4.81. The largest absolute Gasteiger partial charge is 0.497 e. The van der Waals surface area contributed by atoms with Crippen molar-refractivity contribution in [3.8, 4) is 5.75 Å². The number of aromatic nitrogens is 1. The summed E-state index contributed by atoms with van der Waals surface area (Å²) in [6.45, 7) is 0.742. The Bertz CT molecular complexity index is 1140. The smallest absolute Gasteiger partial charge is 0.227 e. The number of fused-ring (bicyclic) bond motifs is 1. The van der Waals surface area contributed by atoms with E-state index in [0.717, 1.165) is 16.9 Å². The summed E-state index contributed by atoms with van der Waals surface area (Å²) in [7, 11) is 1.62. The summed E-state index contributed by atoms with van der Waals surface area (Å²) in [5, 5.41) is 0.596. The van der Waals surface area contributed by atoms with Gasteiger partial charge in [0.1, 0.15) is 11.3 Å². The summed E-state index contributed by atoms with van der Waals surface area (Å²) in [4.78, 5) is 19.4. The second kappa shape index (κ2) is 9.01. The molecule has 0 radical (unpaired) electrons. The molecule has 0 atom stereocenters. The Labute approximate surface area is 179 Å². The Kier molecular flexibility index (Phi) is 6.00. The van der Waals surface area contributed by atoms with Gasteiger partial charge in [-0.25, -0.2) is 4.98 Å². The van der Waals surface area contributed by atoms with Crippen molar-refractivity contribution in [2.75, 3.05) is 7.11 Å². The number of amides is 1. The summed E-state index contributed by atoms with van der Waals surface area (Å²) >= 11 is 6.05. The fourth-order valence-electron chi connectivity index (χ4n) is 3.25. The van der Waals surface area contributed by atoms with Crippen LogP contribution in [0.1, 0.15) is 17.0 Å². The number of oxazole rings is 1. The average Bonchev–Trinajstić information content (AvgIpc) is 3.16. The second-order valence-corrected chi connectivity index (χ2v) is 7.42. The Morgan fingerprint density at radius 3 is 2.50 bits per heavy atom. The van der Waals surface area contributed by atoms with Crippen molar-refractivity contribution in [2.45, 2.75) is 19.5 Å². The molecule has 0 bridgehead atoms. The van der Waals surface area contributed by atoms with Gasteiger partial charge in [0.15, 0.2) is 5.58 Å². The molecule has 1 heterocycles. The quantitative estimate of drug-likeness (QED) is 0.409. The van der Waals surface area contributed by atoms with Gasteiger partial charge in [-0.1, -0.05) is 54.1 Å². The van der Waals surface area contributed by atoms with Crippen LogP contribution in [0, 0.1) is 0 Å². The molecule has 30 heavy (non-hydrogen) atoms. The molecule has 0 spiro atoms. The van der Waals surface area contributed by atoms with Gasteiger partial charge in [0, 0.05) is 11.6 Å². The molecule has 0 unspecified atom stereocenters. The molecule has 4 aromatic rings. The first-order valence-electron chi connectivity index (χ1n) is 9.60. The van der Waals surface area contributed by atoms with Crippen LogP contribution in [0.3, 0.4) is 0 Å². The van der Waals surface area contributed by atoms with E-state index in [4.69, 9.17) is 20.8 Å². The number of carbonyl (C=O) groups is 1. The molecule has 0 fully saturated rings. The summed E-state index contributed by atoms with van der Waals surface area (Å²) in [6.07, 6.45) is 0.281. The van der Waals surface area contributed by atoms with Crippen LogP contribution in [-0.4, -0.2) is 22.9 Å². The minimum absolute atomic E-state index is 0.00990. The molecule has 5 nitrogen and oxygen atoms in total. The van der Waals surface area contributed by atoms with E-state index in [1.807, 2.05) is 54.6 Å². The number of carbonyl (C=O) groups excluding carboxylic acids is 1. The number of methoxy groups -OCH3 is 1. The predicted molar refractivity (Wildman–Crippen MR) is 116 cm³/mol. The molecule has 1 aromatic heterocycles. The molecule has 3 aromatic carbocycles. The number of nitrogens with zero attached hydrogens (tertiary/aromatic N) is 2. The zero-order chi connectivity index (χ0) is 20.9.